The average Bonchev–Trinajstić information content (AvgIpc) is 3.12. The Bertz CT molecular complexity index is 991. The van der Waals surface area contributed by atoms with Crippen molar-refractivity contribution in [1.82, 2.24) is 14.8 Å². The Hall–Kier alpha value is -2.42. The number of aromatic nitrogens is 3. The molecule has 0 spiro atoms. The van der Waals surface area contributed by atoms with E-state index in [1.807, 2.05) is 61.2 Å². The first kappa shape index (κ1) is 17.4. The summed E-state index contributed by atoms with van der Waals surface area (Å²) >= 11 is 7.74. The number of hydrogen-bond donors (Lipinski definition) is 0. The van der Waals surface area contributed by atoms with Crippen molar-refractivity contribution in [2.45, 2.75) is 27.3 Å². The Labute approximate surface area is 156 Å². The van der Waals surface area contributed by atoms with E-state index < -0.39 is 0 Å². The Kier molecular flexibility index (Phi) is 5.03. The van der Waals surface area contributed by atoms with Crippen LogP contribution in [0.5, 0.6) is 0 Å². The molecule has 0 amide bonds. The third-order valence-electron chi connectivity index (χ3n) is 3.97. The summed E-state index contributed by atoms with van der Waals surface area (Å²) in [4.78, 5) is 4.41. The molecule has 0 bridgehead atoms. The van der Waals surface area contributed by atoms with Crippen LogP contribution in [0.4, 0.5) is 0 Å². The molecule has 0 atom stereocenters. The van der Waals surface area contributed by atoms with Crippen LogP contribution in [-0.4, -0.2) is 14.8 Å². The smallest absolute Gasteiger partial charge is 0.134 e. The summed E-state index contributed by atoms with van der Waals surface area (Å²) < 4.78 is 1.92. The number of benzene rings is 1. The van der Waals surface area contributed by atoms with Crippen molar-refractivity contribution in [1.29, 1.82) is 5.26 Å². The summed E-state index contributed by atoms with van der Waals surface area (Å²) in [6, 6.07) is 10.0. The van der Waals surface area contributed by atoms with Crippen molar-refractivity contribution in [2.75, 3.05) is 0 Å². The summed E-state index contributed by atoms with van der Waals surface area (Å²) in [7, 11) is 0. The van der Waals surface area contributed by atoms with E-state index in [2.05, 4.69) is 16.2 Å². The number of rotatable bonds is 4. The molecule has 25 heavy (non-hydrogen) atoms. The maximum Gasteiger partial charge on any atom is 0.134 e. The molecule has 0 saturated carbocycles. The molecule has 3 rings (SSSR count). The van der Waals surface area contributed by atoms with Crippen LogP contribution < -0.4 is 0 Å². The lowest BCUT2D eigenvalue weighted by atomic mass is 10.1. The zero-order valence-corrected chi connectivity index (χ0v) is 15.8. The maximum absolute atomic E-state index is 9.51. The Balaban J connectivity index is 1.98. The highest BCUT2D eigenvalue weighted by molar-refractivity contribution is 7.11. The first-order valence-electron chi connectivity index (χ1n) is 7.81. The van der Waals surface area contributed by atoms with Crippen molar-refractivity contribution in [3.05, 3.63) is 67.9 Å². The number of nitrogens with zero attached hydrogens (tertiary/aromatic N) is 4. The van der Waals surface area contributed by atoms with Crippen molar-refractivity contribution >= 4 is 34.6 Å². The molecule has 6 heteroatoms. The van der Waals surface area contributed by atoms with Crippen LogP contribution in [0.3, 0.4) is 0 Å². The normalized spacial score (nSPS) is 11.6. The lowest BCUT2D eigenvalue weighted by Crippen LogP contribution is -2.04. The van der Waals surface area contributed by atoms with Crippen molar-refractivity contribution in [3.8, 4) is 6.07 Å². The molecule has 4 nitrogen and oxygen atoms in total. The summed E-state index contributed by atoms with van der Waals surface area (Å²) in [5.41, 5.74) is 5.33. The largest absolute Gasteiger partial charge is 0.265 e. The number of nitriles is 1. The molecule has 2 heterocycles. The number of aryl methyl sites for hydroxylation is 2. The van der Waals surface area contributed by atoms with E-state index in [9.17, 15) is 5.26 Å². The highest BCUT2D eigenvalue weighted by atomic mass is 35.5. The monoisotopic (exact) mass is 368 g/mol. The van der Waals surface area contributed by atoms with Gasteiger partial charge in [-0.3, -0.25) is 4.68 Å². The fourth-order valence-electron chi connectivity index (χ4n) is 2.63. The molecule has 1 aromatic carbocycles. The van der Waals surface area contributed by atoms with Crippen LogP contribution in [-0.2, 0) is 6.54 Å². The van der Waals surface area contributed by atoms with Gasteiger partial charge in [0.05, 0.1) is 17.8 Å². The zero-order valence-electron chi connectivity index (χ0n) is 14.2. The van der Waals surface area contributed by atoms with Crippen molar-refractivity contribution in [3.63, 3.8) is 0 Å². The molecule has 0 fully saturated rings. The topological polar surface area (TPSA) is 54.5 Å². The van der Waals surface area contributed by atoms with E-state index >= 15 is 0 Å². The van der Waals surface area contributed by atoms with Gasteiger partial charge < -0.3 is 0 Å². The molecule has 0 aliphatic heterocycles. The Morgan fingerprint density at radius 3 is 2.72 bits per heavy atom. The lowest BCUT2D eigenvalue weighted by Gasteiger charge is -2.06. The molecular formula is C19H17ClN4S. The molecule has 0 aliphatic carbocycles. The van der Waals surface area contributed by atoms with Gasteiger partial charge in [-0.2, -0.15) is 10.4 Å². The fraction of sp³-hybridized carbons (Fsp3) is 0.211. The van der Waals surface area contributed by atoms with E-state index in [1.54, 1.807) is 0 Å². The standard InChI is InChI=1S/C19H17ClN4S/c1-12-11-25-19(22-12)16(9-21)8-17-13(2)23-24(14(17)3)10-15-6-4-5-7-18(15)20/h4-8,11H,10H2,1-3H3/b16-8+. The van der Waals surface area contributed by atoms with Crippen LogP contribution in [0.1, 0.15) is 33.2 Å². The molecule has 0 aliphatic rings. The zero-order chi connectivity index (χ0) is 18.0. The quantitative estimate of drug-likeness (QED) is 0.607. The van der Waals surface area contributed by atoms with Gasteiger partial charge in [-0.05, 0) is 38.5 Å². The summed E-state index contributed by atoms with van der Waals surface area (Å²) in [5, 5.41) is 17.5. The van der Waals surface area contributed by atoms with Gasteiger partial charge in [0, 0.05) is 27.4 Å². The molecule has 3 aromatic rings. The van der Waals surface area contributed by atoms with Crippen LogP contribution in [0.25, 0.3) is 11.6 Å². The minimum atomic E-state index is 0.557. The van der Waals surface area contributed by atoms with Crippen LogP contribution >= 0.6 is 22.9 Å². The van der Waals surface area contributed by atoms with E-state index in [0.29, 0.717) is 12.1 Å². The van der Waals surface area contributed by atoms with Gasteiger partial charge in [-0.1, -0.05) is 29.8 Å². The Morgan fingerprint density at radius 1 is 1.32 bits per heavy atom. The second kappa shape index (κ2) is 7.22. The third kappa shape index (κ3) is 3.65. The highest BCUT2D eigenvalue weighted by Gasteiger charge is 2.14. The first-order valence-corrected chi connectivity index (χ1v) is 9.07. The van der Waals surface area contributed by atoms with Gasteiger partial charge in [-0.25, -0.2) is 4.98 Å². The van der Waals surface area contributed by atoms with Gasteiger partial charge in [0.25, 0.3) is 0 Å². The second-order valence-corrected chi connectivity index (χ2v) is 7.06. The maximum atomic E-state index is 9.51. The number of allylic oxidation sites excluding steroid dienone is 1. The molecule has 0 radical (unpaired) electrons. The van der Waals surface area contributed by atoms with Crippen LogP contribution in [0.2, 0.25) is 5.02 Å². The SMILES string of the molecule is Cc1csc(/C(C#N)=C/c2c(C)nn(Cc3ccccc3Cl)c2C)n1. The van der Waals surface area contributed by atoms with E-state index in [0.717, 1.165) is 38.2 Å². The molecule has 0 unspecified atom stereocenters. The summed E-state index contributed by atoms with van der Waals surface area (Å²) in [6.45, 7) is 6.47. The van der Waals surface area contributed by atoms with E-state index in [-0.39, 0.29) is 0 Å². The minimum absolute atomic E-state index is 0.557. The van der Waals surface area contributed by atoms with E-state index in [1.165, 1.54) is 11.3 Å². The van der Waals surface area contributed by atoms with Crippen molar-refractivity contribution in [2.24, 2.45) is 0 Å². The van der Waals surface area contributed by atoms with Gasteiger partial charge >= 0.3 is 0 Å². The third-order valence-corrected chi connectivity index (χ3v) is 5.34. The summed E-state index contributed by atoms with van der Waals surface area (Å²) in [6.07, 6.45) is 1.87. The van der Waals surface area contributed by atoms with Gasteiger partial charge in [0.1, 0.15) is 11.1 Å². The minimum Gasteiger partial charge on any atom is -0.265 e. The molecule has 0 N–H and O–H groups in total. The molecule has 126 valence electrons. The van der Waals surface area contributed by atoms with Crippen molar-refractivity contribution < 1.29 is 0 Å². The number of hydrogen-bond acceptors (Lipinski definition) is 4. The molecule has 0 saturated heterocycles. The van der Waals surface area contributed by atoms with Crippen LogP contribution in [0, 0.1) is 32.1 Å². The highest BCUT2D eigenvalue weighted by Crippen LogP contribution is 2.25. The number of halogens is 1. The van der Waals surface area contributed by atoms with Gasteiger partial charge in [0.2, 0.25) is 0 Å². The van der Waals surface area contributed by atoms with Crippen LogP contribution in [0.15, 0.2) is 29.6 Å². The predicted octanol–water partition coefficient (Wildman–Crippen LogP) is 5.03. The number of thiazole rings is 1. The van der Waals surface area contributed by atoms with Gasteiger partial charge in [0.15, 0.2) is 0 Å². The van der Waals surface area contributed by atoms with Gasteiger partial charge in [-0.15, -0.1) is 11.3 Å². The average molecular weight is 369 g/mol. The predicted molar refractivity (Wildman–Crippen MR) is 103 cm³/mol. The Morgan fingerprint density at radius 2 is 2.08 bits per heavy atom. The molecule has 2 aromatic heterocycles. The molecular weight excluding hydrogens is 352 g/mol. The lowest BCUT2D eigenvalue weighted by molar-refractivity contribution is 0.659. The fourth-order valence-corrected chi connectivity index (χ4v) is 3.58. The van der Waals surface area contributed by atoms with E-state index in [4.69, 9.17) is 11.6 Å². The second-order valence-electron chi connectivity index (χ2n) is 5.80. The summed E-state index contributed by atoms with van der Waals surface area (Å²) in [5.74, 6) is 0. The first-order chi connectivity index (χ1) is 12.0.